The molecule has 1 amide bonds. The molecule has 7 heteroatoms. The lowest BCUT2D eigenvalue weighted by molar-refractivity contribution is -0.183. The SMILES string of the molecule is CCOC(=O)CC1(CC(OC(N)=O)OC(=O)C(C)(C)C)CCCCC1. The van der Waals surface area contributed by atoms with Crippen molar-refractivity contribution in [2.45, 2.75) is 78.9 Å². The molecule has 0 aromatic carbocycles. The van der Waals surface area contributed by atoms with Crippen LogP contribution in [0.4, 0.5) is 4.79 Å². The minimum absolute atomic E-state index is 0.215. The maximum atomic E-state index is 12.2. The first-order chi connectivity index (χ1) is 11.6. The molecule has 0 heterocycles. The van der Waals surface area contributed by atoms with Crippen molar-refractivity contribution in [3.8, 4) is 0 Å². The summed E-state index contributed by atoms with van der Waals surface area (Å²) in [5.74, 6) is -0.773. The fourth-order valence-corrected chi connectivity index (χ4v) is 3.16. The minimum atomic E-state index is -1.10. The molecule has 1 aliphatic rings. The van der Waals surface area contributed by atoms with Crippen LogP contribution in [0.1, 0.15) is 72.6 Å². The van der Waals surface area contributed by atoms with Crippen LogP contribution in [-0.2, 0) is 23.8 Å². The Bertz CT molecular complexity index is 476. The normalized spacial score (nSPS) is 18.1. The number of esters is 2. The molecule has 0 saturated heterocycles. The van der Waals surface area contributed by atoms with Crippen LogP contribution in [0, 0.1) is 10.8 Å². The van der Waals surface area contributed by atoms with Crippen LogP contribution in [0.15, 0.2) is 0 Å². The molecule has 0 aliphatic heterocycles. The van der Waals surface area contributed by atoms with E-state index >= 15 is 0 Å². The van der Waals surface area contributed by atoms with Crippen LogP contribution in [0.2, 0.25) is 0 Å². The predicted octanol–water partition coefficient (Wildman–Crippen LogP) is 3.29. The first-order valence-electron chi connectivity index (χ1n) is 8.91. The summed E-state index contributed by atoms with van der Waals surface area (Å²) < 4.78 is 15.5. The van der Waals surface area contributed by atoms with Gasteiger partial charge in [-0.25, -0.2) is 4.79 Å². The lowest BCUT2D eigenvalue weighted by Crippen LogP contribution is -2.39. The Kier molecular flexibility index (Phi) is 7.70. The second-order valence-corrected chi connectivity index (χ2v) is 7.77. The van der Waals surface area contributed by atoms with Crippen molar-refractivity contribution in [1.29, 1.82) is 0 Å². The largest absolute Gasteiger partial charge is 0.466 e. The van der Waals surface area contributed by atoms with Gasteiger partial charge in [0, 0.05) is 6.42 Å². The fourth-order valence-electron chi connectivity index (χ4n) is 3.16. The van der Waals surface area contributed by atoms with Gasteiger partial charge in [-0.1, -0.05) is 19.3 Å². The van der Waals surface area contributed by atoms with Gasteiger partial charge >= 0.3 is 18.0 Å². The highest BCUT2D eigenvalue weighted by molar-refractivity contribution is 5.75. The van der Waals surface area contributed by atoms with E-state index in [1.807, 2.05) is 0 Å². The van der Waals surface area contributed by atoms with Crippen molar-refractivity contribution in [3.63, 3.8) is 0 Å². The minimum Gasteiger partial charge on any atom is -0.466 e. The summed E-state index contributed by atoms with van der Waals surface area (Å²) >= 11 is 0. The fraction of sp³-hybridized carbons (Fsp3) is 0.833. The molecule has 7 nitrogen and oxygen atoms in total. The Morgan fingerprint density at radius 3 is 2.16 bits per heavy atom. The third-order valence-electron chi connectivity index (χ3n) is 4.44. The van der Waals surface area contributed by atoms with Crippen molar-refractivity contribution < 1.29 is 28.6 Å². The van der Waals surface area contributed by atoms with Crippen LogP contribution in [0.25, 0.3) is 0 Å². The summed E-state index contributed by atoms with van der Waals surface area (Å²) in [6.45, 7) is 7.22. The number of rotatable bonds is 7. The number of ether oxygens (including phenoxy) is 3. The number of primary amides is 1. The van der Waals surface area contributed by atoms with E-state index in [-0.39, 0.29) is 18.8 Å². The van der Waals surface area contributed by atoms with Crippen molar-refractivity contribution >= 4 is 18.0 Å². The molecule has 144 valence electrons. The molecule has 1 aliphatic carbocycles. The zero-order valence-electron chi connectivity index (χ0n) is 15.8. The van der Waals surface area contributed by atoms with Gasteiger partial charge in [-0.15, -0.1) is 0 Å². The topological polar surface area (TPSA) is 105 Å². The zero-order chi connectivity index (χ0) is 19.1. The summed E-state index contributed by atoms with van der Waals surface area (Å²) in [5.41, 5.74) is 3.98. The van der Waals surface area contributed by atoms with E-state index < -0.39 is 29.2 Å². The van der Waals surface area contributed by atoms with Crippen molar-refractivity contribution in [2.24, 2.45) is 16.6 Å². The standard InChI is InChI=1S/C18H31NO6/c1-5-23-13(20)11-18(9-7-6-8-10-18)12-14(25-16(19)22)24-15(21)17(2,3)4/h14H,5-12H2,1-4H3,(H2,19,22). The average molecular weight is 357 g/mol. The number of hydrogen-bond donors (Lipinski definition) is 1. The number of nitrogens with two attached hydrogens (primary N) is 1. The molecule has 1 atom stereocenters. The maximum Gasteiger partial charge on any atom is 0.407 e. The van der Waals surface area contributed by atoms with Crippen molar-refractivity contribution in [2.75, 3.05) is 6.61 Å². The molecule has 0 aromatic rings. The van der Waals surface area contributed by atoms with E-state index in [4.69, 9.17) is 19.9 Å². The van der Waals surface area contributed by atoms with Gasteiger partial charge in [0.2, 0.25) is 6.29 Å². The summed E-state index contributed by atoms with van der Waals surface area (Å²) in [6.07, 6.45) is 2.96. The Morgan fingerprint density at radius 1 is 1.08 bits per heavy atom. The Balaban J connectivity index is 2.91. The van der Waals surface area contributed by atoms with Gasteiger partial charge in [0.1, 0.15) is 0 Å². The summed E-state index contributed by atoms with van der Waals surface area (Å²) in [7, 11) is 0. The molecule has 1 fully saturated rings. The van der Waals surface area contributed by atoms with E-state index in [0.717, 1.165) is 32.1 Å². The van der Waals surface area contributed by atoms with Gasteiger partial charge in [0.25, 0.3) is 0 Å². The highest BCUT2D eigenvalue weighted by atomic mass is 16.7. The van der Waals surface area contributed by atoms with E-state index in [1.54, 1.807) is 27.7 Å². The highest BCUT2D eigenvalue weighted by Gasteiger charge is 2.40. The maximum absolute atomic E-state index is 12.2. The molecule has 0 aromatic heterocycles. The lowest BCUT2D eigenvalue weighted by atomic mass is 9.69. The first kappa shape index (κ1) is 21.3. The van der Waals surface area contributed by atoms with E-state index in [9.17, 15) is 14.4 Å². The molecule has 1 saturated carbocycles. The second kappa shape index (κ2) is 9.06. The highest BCUT2D eigenvalue weighted by Crippen LogP contribution is 2.44. The average Bonchev–Trinajstić information content (AvgIpc) is 2.46. The van der Waals surface area contributed by atoms with Crippen molar-refractivity contribution in [1.82, 2.24) is 0 Å². The Labute approximate surface area is 149 Å². The molecule has 1 unspecified atom stereocenters. The van der Waals surface area contributed by atoms with Crippen LogP contribution >= 0.6 is 0 Å². The van der Waals surface area contributed by atoms with Crippen LogP contribution in [0.5, 0.6) is 0 Å². The van der Waals surface area contributed by atoms with Gasteiger partial charge in [-0.05, 0) is 46.0 Å². The number of carbonyl (C=O) groups excluding carboxylic acids is 3. The molecule has 0 radical (unpaired) electrons. The van der Waals surface area contributed by atoms with Gasteiger partial charge < -0.3 is 19.9 Å². The third-order valence-corrected chi connectivity index (χ3v) is 4.44. The summed E-state index contributed by atoms with van der Waals surface area (Å²) in [5, 5.41) is 0. The van der Waals surface area contributed by atoms with E-state index in [1.165, 1.54) is 0 Å². The van der Waals surface area contributed by atoms with Crippen LogP contribution in [-0.4, -0.2) is 30.9 Å². The van der Waals surface area contributed by atoms with E-state index in [2.05, 4.69) is 0 Å². The first-order valence-corrected chi connectivity index (χ1v) is 8.91. The molecule has 1 rings (SSSR count). The van der Waals surface area contributed by atoms with Gasteiger partial charge in [-0.2, -0.15) is 0 Å². The monoisotopic (exact) mass is 357 g/mol. The summed E-state index contributed by atoms with van der Waals surface area (Å²) in [4.78, 5) is 35.4. The van der Waals surface area contributed by atoms with Crippen LogP contribution in [0.3, 0.4) is 0 Å². The molecular formula is C18H31NO6. The smallest absolute Gasteiger partial charge is 0.407 e. The number of carbonyl (C=O) groups is 3. The third kappa shape index (κ3) is 7.32. The van der Waals surface area contributed by atoms with Gasteiger partial charge in [0.05, 0.1) is 18.4 Å². The molecule has 2 N–H and O–H groups in total. The Hall–Kier alpha value is -1.79. The van der Waals surface area contributed by atoms with E-state index in [0.29, 0.717) is 6.61 Å². The zero-order valence-corrected chi connectivity index (χ0v) is 15.8. The molecular weight excluding hydrogens is 326 g/mol. The lowest BCUT2D eigenvalue weighted by Gasteiger charge is -2.38. The number of amides is 1. The number of hydrogen-bond acceptors (Lipinski definition) is 6. The van der Waals surface area contributed by atoms with Crippen molar-refractivity contribution in [3.05, 3.63) is 0 Å². The quantitative estimate of drug-likeness (QED) is 0.554. The molecule has 0 spiro atoms. The Morgan fingerprint density at radius 2 is 1.68 bits per heavy atom. The second-order valence-electron chi connectivity index (χ2n) is 7.77. The van der Waals surface area contributed by atoms with Gasteiger partial charge in [0.15, 0.2) is 0 Å². The molecule has 0 bridgehead atoms. The van der Waals surface area contributed by atoms with Gasteiger partial charge in [-0.3, -0.25) is 9.59 Å². The summed E-state index contributed by atoms with van der Waals surface area (Å²) in [6, 6.07) is 0. The predicted molar refractivity (Wildman–Crippen MR) is 91.4 cm³/mol. The molecule has 25 heavy (non-hydrogen) atoms. The van der Waals surface area contributed by atoms with Crippen LogP contribution < -0.4 is 5.73 Å².